The minimum absolute atomic E-state index is 0.0905. The number of piperazine rings is 1. The van der Waals surface area contributed by atoms with Crippen LogP contribution >= 0.6 is 23.2 Å². The van der Waals surface area contributed by atoms with Gasteiger partial charge in [-0.3, -0.25) is 9.59 Å². The molecule has 0 aromatic heterocycles. The van der Waals surface area contributed by atoms with Crippen molar-refractivity contribution in [1.82, 2.24) is 9.80 Å². The van der Waals surface area contributed by atoms with Gasteiger partial charge in [0.1, 0.15) is 5.75 Å². The first kappa shape index (κ1) is 26.4. The number of para-hydroxylation sites is 1. The van der Waals surface area contributed by atoms with E-state index in [-0.39, 0.29) is 23.7 Å². The van der Waals surface area contributed by atoms with Crippen molar-refractivity contribution < 1.29 is 14.3 Å². The van der Waals surface area contributed by atoms with Gasteiger partial charge in [0.15, 0.2) is 0 Å². The van der Waals surface area contributed by atoms with E-state index in [9.17, 15) is 9.59 Å². The number of hydrogen-bond donors (Lipinski definition) is 0. The number of likely N-dealkylation sites (tertiary alicyclic amines) is 1. The Morgan fingerprint density at radius 1 is 0.868 bits per heavy atom. The number of benzene rings is 3. The number of rotatable bonds is 5. The van der Waals surface area contributed by atoms with Crippen LogP contribution < -0.4 is 9.64 Å². The number of hydrogen-bond acceptors (Lipinski definition) is 4. The summed E-state index contributed by atoms with van der Waals surface area (Å²) in [6.45, 7) is 5.74. The molecule has 5 rings (SSSR count). The summed E-state index contributed by atoms with van der Waals surface area (Å²) in [5.41, 5.74) is 3.86. The average molecular weight is 553 g/mol. The number of ether oxygens (including phenoxy) is 1. The molecule has 3 aromatic carbocycles. The van der Waals surface area contributed by atoms with Crippen LogP contribution in [0.15, 0.2) is 66.7 Å². The van der Waals surface area contributed by atoms with Crippen LogP contribution in [0.3, 0.4) is 0 Å². The zero-order valence-corrected chi connectivity index (χ0v) is 23.1. The van der Waals surface area contributed by atoms with E-state index in [2.05, 4.69) is 30.0 Å². The number of halogens is 2. The monoisotopic (exact) mass is 551 g/mol. The van der Waals surface area contributed by atoms with Crippen LogP contribution in [0.2, 0.25) is 10.0 Å². The molecule has 2 atom stereocenters. The van der Waals surface area contributed by atoms with Crippen LogP contribution in [0.1, 0.15) is 27.4 Å². The SMILES string of the molecule is COc1ccc([C@@H]2CN(C(=O)c3ccc(Cl)cc3Cl)C[C@@H]2C(=O)N2CCN(c3ccccc3C)CC2)cc1. The number of amides is 2. The molecule has 38 heavy (non-hydrogen) atoms. The van der Waals surface area contributed by atoms with E-state index in [0.29, 0.717) is 41.8 Å². The van der Waals surface area contributed by atoms with Gasteiger partial charge in [-0.1, -0.05) is 53.5 Å². The molecule has 0 bridgehead atoms. The first-order chi connectivity index (χ1) is 18.4. The fourth-order valence-electron chi connectivity index (χ4n) is 5.56. The van der Waals surface area contributed by atoms with E-state index in [1.54, 1.807) is 30.2 Å². The molecule has 2 heterocycles. The summed E-state index contributed by atoms with van der Waals surface area (Å²) in [6, 6.07) is 21.0. The van der Waals surface area contributed by atoms with Crippen molar-refractivity contribution in [1.29, 1.82) is 0 Å². The first-order valence-electron chi connectivity index (χ1n) is 12.8. The zero-order chi connectivity index (χ0) is 26.8. The maximum Gasteiger partial charge on any atom is 0.255 e. The molecule has 0 saturated carbocycles. The molecule has 0 unspecified atom stereocenters. The lowest BCUT2D eigenvalue weighted by atomic mass is 9.87. The number of nitrogens with zero attached hydrogens (tertiary/aromatic N) is 3. The molecule has 2 saturated heterocycles. The topological polar surface area (TPSA) is 53.1 Å². The number of carbonyl (C=O) groups excluding carboxylic acids is 2. The Kier molecular flexibility index (Phi) is 7.82. The van der Waals surface area contributed by atoms with Gasteiger partial charge in [-0.15, -0.1) is 0 Å². The normalized spacial score (nSPS) is 19.5. The molecule has 0 spiro atoms. The Bertz CT molecular complexity index is 1320. The van der Waals surface area contributed by atoms with E-state index >= 15 is 0 Å². The number of aryl methyl sites for hydroxylation is 1. The highest BCUT2D eigenvalue weighted by Gasteiger charge is 2.43. The molecule has 2 amide bonds. The van der Waals surface area contributed by atoms with E-state index in [1.807, 2.05) is 35.2 Å². The second kappa shape index (κ2) is 11.3. The Hall–Kier alpha value is -3.22. The highest BCUT2D eigenvalue weighted by atomic mass is 35.5. The lowest BCUT2D eigenvalue weighted by molar-refractivity contribution is -0.135. The summed E-state index contributed by atoms with van der Waals surface area (Å²) in [5.74, 6) is 0.182. The molecule has 6 nitrogen and oxygen atoms in total. The second-order valence-electron chi connectivity index (χ2n) is 9.92. The van der Waals surface area contributed by atoms with Crippen LogP contribution in [-0.2, 0) is 4.79 Å². The van der Waals surface area contributed by atoms with E-state index < -0.39 is 0 Å². The molecule has 3 aromatic rings. The number of carbonyl (C=O) groups is 2. The quantitative estimate of drug-likeness (QED) is 0.419. The number of methoxy groups -OCH3 is 1. The third kappa shape index (κ3) is 5.33. The third-order valence-electron chi connectivity index (χ3n) is 7.68. The van der Waals surface area contributed by atoms with Gasteiger partial charge in [0.25, 0.3) is 5.91 Å². The van der Waals surface area contributed by atoms with E-state index in [1.165, 1.54) is 11.3 Å². The highest BCUT2D eigenvalue weighted by molar-refractivity contribution is 6.36. The summed E-state index contributed by atoms with van der Waals surface area (Å²) < 4.78 is 5.33. The van der Waals surface area contributed by atoms with E-state index in [4.69, 9.17) is 27.9 Å². The fraction of sp³-hybridized carbons (Fsp3) is 0.333. The standard InChI is InChI=1S/C30H31Cl2N3O3/c1-20-5-3-4-6-28(20)33-13-15-34(16-14-33)30(37)26-19-35(29(36)24-12-9-22(31)17-27(24)32)18-25(26)21-7-10-23(38-2)11-8-21/h3-12,17,25-26H,13-16,18-19H2,1-2H3/t25-,26-/m0/s1. The molecule has 0 radical (unpaired) electrons. The summed E-state index contributed by atoms with van der Waals surface area (Å²) in [7, 11) is 1.63. The summed E-state index contributed by atoms with van der Waals surface area (Å²) in [5, 5.41) is 0.785. The first-order valence-corrected chi connectivity index (χ1v) is 13.6. The van der Waals surface area contributed by atoms with Gasteiger partial charge in [0.2, 0.25) is 5.91 Å². The van der Waals surface area contributed by atoms with Crippen LogP contribution in [0.4, 0.5) is 5.69 Å². The van der Waals surface area contributed by atoms with Crippen LogP contribution in [0.5, 0.6) is 5.75 Å². The van der Waals surface area contributed by atoms with Crippen molar-refractivity contribution in [2.45, 2.75) is 12.8 Å². The van der Waals surface area contributed by atoms with Crippen LogP contribution in [0, 0.1) is 12.8 Å². The lowest BCUT2D eigenvalue weighted by Crippen LogP contribution is -2.51. The molecule has 8 heteroatoms. The number of anilines is 1. The van der Waals surface area contributed by atoms with Gasteiger partial charge in [-0.05, 0) is 54.4 Å². The maximum atomic E-state index is 13.9. The summed E-state index contributed by atoms with van der Waals surface area (Å²) in [4.78, 5) is 33.5. The zero-order valence-electron chi connectivity index (χ0n) is 21.6. The molecular formula is C30H31Cl2N3O3. The van der Waals surface area contributed by atoms with Crippen LogP contribution in [-0.4, -0.2) is 68.0 Å². The minimum Gasteiger partial charge on any atom is -0.497 e. The van der Waals surface area contributed by atoms with Gasteiger partial charge < -0.3 is 19.4 Å². The molecule has 198 valence electrons. The Morgan fingerprint density at radius 2 is 1.58 bits per heavy atom. The molecule has 2 aliphatic heterocycles. The fourth-order valence-corrected chi connectivity index (χ4v) is 6.05. The van der Waals surface area contributed by atoms with Gasteiger partial charge in [-0.2, -0.15) is 0 Å². The Morgan fingerprint density at radius 3 is 2.24 bits per heavy atom. The van der Waals surface area contributed by atoms with Crippen molar-refractivity contribution in [3.05, 3.63) is 93.5 Å². The van der Waals surface area contributed by atoms with Crippen molar-refractivity contribution in [2.24, 2.45) is 5.92 Å². The van der Waals surface area contributed by atoms with Crippen molar-refractivity contribution in [3.63, 3.8) is 0 Å². The second-order valence-corrected chi connectivity index (χ2v) is 10.8. The van der Waals surface area contributed by atoms with Gasteiger partial charge >= 0.3 is 0 Å². The van der Waals surface area contributed by atoms with Gasteiger partial charge in [0, 0.05) is 55.9 Å². The minimum atomic E-state index is -0.344. The van der Waals surface area contributed by atoms with Gasteiger partial charge in [-0.25, -0.2) is 0 Å². The molecule has 0 aliphatic carbocycles. The summed E-state index contributed by atoms with van der Waals surface area (Å²) in [6.07, 6.45) is 0. The Labute approximate surface area is 233 Å². The largest absolute Gasteiger partial charge is 0.497 e. The summed E-state index contributed by atoms with van der Waals surface area (Å²) >= 11 is 12.4. The molecule has 0 N–H and O–H groups in total. The maximum absolute atomic E-state index is 13.9. The predicted molar refractivity (Wildman–Crippen MR) is 152 cm³/mol. The third-order valence-corrected chi connectivity index (χ3v) is 8.23. The average Bonchev–Trinajstić information content (AvgIpc) is 3.38. The molecule has 2 fully saturated rings. The van der Waals surface area contributed by atoms with Gasteiger partial charge in [0.05, 0.1) is 23.6 Å². The molecule has 2 aliphatic rings. The van der Waals surface area contributed by atoms with Crippen LogP contribution in [0.25, 0.3) is 0 Å². The van der Waals surface area contributed by atoms with Crippen molar-refractivity contribution in [2.75, 3.05) is 51.3 Å². The van der Waals surface area contributed by atoms with E-state index in [0.717, 1.165) is 24.4 Å². The van der Waals surface area contributed by atoms with Crippen molar-refractivity contribution >= 4 is 40.7 Å². The molecular weight excluding hydrogens is 521 g/mol. The lowest BCUT2D eigenvalue weighted by Gasteiger charge is -2.38. The smallest absolute Gasteiger partial charge is 0.255 e. The highest BCUT2D eigenvalue weighted by Crippen LogP contribution is 2.37. The van der Waals surface area contributed by atoms with Crippen molar-refractivity contribution in [3.8, 4) is 5.75 Å². The predicted octanol–water partition coefficient (Wildman–Crippen LogP) is 5.52. The Balaban J connectivity index is 1.36.